The average Bonchev–Trinajstić information content (AvgIpc) is 3.69. The lowest BCUT2D eigenvalue weighted by atomic mass is 9.96. The third-order valence-corrected chi connectivity index (χ3v) is 6.76. The Kier molecular flexibility index (Phi) is 7.65. The van der Waals surface area contributed by atoms with E-state index in [-0.39, 0.29) is 11.6 Å². The zero-order valence-corrected chi connectivity index (χ0v) is 21.6. The molecule has 2 aromatic carbocycles. The van der Waals surface area contributed by atoms with Crippen molar-refractivity contribution >= 4 is 6.09 Å². The van der Waals surface area contributed by atoms with E-state index >= 15 is 0 Å². The van der Waals surface area contributed by atoms with E-state index in [1.165, 1.54) is 0 Å². The summed E-state index contributed by atoms with van der Waals surface area (Å²) in [6.45, 7) is 7.81. The molecule has 36 heavy (non-hydrogen) atoms. The molecule has 1 aliphatic rings. The first kappa shape index (κ1) is 25.7. The molecule has 2 unspecified atom stereocenters. The van der Waals surface area contributed by atoms with E-state index < -0.39 is 17.8 Å². The summed E-state index contributed by atoms with van der Waals surface area (Å²) in [6.07, 6.45) is 3.36. The number of hydrogen-bond acceptors (Lipinski definition) is 4. The number of pyridine rings is 1. The predicted molar refractivity (Wildman–Crippen MR) is 142 cm³/mol. The first-order valence-corrected chi connectivity index (χ1v) is 12.7. The van der Waals surface area contributed by atoms with Crippen LogP contribution >= 0.6 is 0 Å². The van der Waals surface area contributed by atoms with Gasteiger partial charge in [-0.05, 0) is 68.9 Å². The highest BCUT2D eigenvalue weighted by atomic mass is 16.6. The van der Waals surface area contributed by atoms with E-state index in [1.807, 2.05) is 85.3 Å². The molecular weight excluding hydrogens is 452 g/mol. The van der Waals surface area contributed by atoms with Gasteiger partial charge < -0.3 is 19.3 Å². The van der Waals surface area contributed by atoms with Crippen LogP contribution in [-0.2, 0) is 4.74 Å². The highest BCUT2D eigenvalue weighted by Crippen LogP contribution is 2.34. The Morgan fingerprint density at radius 3 is 2.28 bits per heavy atom. The van der Waals surface area contributed by atoms with Gasteiger partial charge in [-0.1, -0.05) is 54.6 Å². The van der Waals surface area contributed by atoms with Crippen LogP contribution in [0, 0.1) is 0 Å². The summed E-state index contributed by atoms with van der Waals surface area (Å²) in [6, 6.07) is 21.3. The summed E-state index contributed by atoms with van der Waals surface area (Å²) in [4.78, 5) is 27.4. The van der Waals surface area contributed by atoms with Gasteiger partial charge in [0.2, 0.25) is 0 Å². The summed E-state index contributed by atoms with van der Waals surface area (Å²) >= 11 is 0. The Bertz CT molecular complexity index is 1220. The number of benzene rings is 2. The number of ether oxygens (including phenoxy) is 1. The number of carbonyl (C=O) groups is 1. The van der Waals surface area contributed by atoms with Crippen molar-refractivity contribution in [3.8, 4) is 11.1 Å². The van der Waals surface area contributed by atoms with Gasteiger partial charge in [0, 0.05) is 31.3 Å². The average molecular weight is 489 g/mol. The molecule has 1 saturated carbocycles. The van der Waals surface area contributed by atoms with Crippen molar-refractivity contribution in [2.45, 2.75) is 70.7 Å². The highest BCUT2D eigenvalue weighted by molar-refractivity contribution is 5.69. The third-order valence-electron chi connectivity index (χ3n) is 6.76. The fraction of sp³-hybridized carbons (Fsp3) is 0.400. The second-order valence-electron chi connectivity index (χ2n) is 10.3. The molecule has 1 aliphatic carbocycles. The maximum Gasteiger partial charge on any atom is 0.410 e. The largest absolute Gasteiger partial charge is 0.441 e. The molecule has 0 saturated heterocycles. The molecule has 0 spiro atoms. The van der Waals surface area contributed by atoms with E-state index in [9.17, 15) is 14.7 Å². The highest BCUT2D eigenvalue weighted by Gasteiger charge is 2.29. The molecule has 6 nitrogen and oxygen atoms in total. The van der Waals surface area contributed by atoms with Crippen molar-refractivity contribution in [3.63, 3.8) is 0 Å². The summed E-state index contributed by atoms with van der Waals surface area (Å²) in [7, 11) is 0. The molecule has 1 amide bonds. The molecule has 1 N–H and O–H groups in total. The van der Waals surface area contributed by atoms with Crippen LogP contribution in [0.4, 0.5) is 4.79 Å². The van der Waals surface area contributed by atoms with Crippen LogP contribution in [0.25, 0.3) is 11.1 Å². The number of rotatable bonds is 9. The summed E-state index contributed by atoms with van der Waals surface area (Å²) in [5.41, 5.74) is 2.73. The van der Waals surface area contributed by atoms with Crippen LogP contribution in [0.5, 0.6) is 0 Å². The summed E-state index contributed by atoms with van der Waals surface area (Å²) in [5.74, 6) is 0. The van der Waals surface area contributed by atoms with Crippen LogP contribution < -0.4 is 5.56 Å². The number of carbonyl (C=O) groups excluding carboxylic acids is 1. The minimum atomic E-state index is -0.987. The zero-order valence-electron chi connectivity index (χ0n) is 21.6. The van der Waals surface area contributed by atoms with Gasteiger partial charge in [-0.25, -0.2) is 4.79 Å². The second-order valence-corrected chi connectivity index (χ2v) is 10.3. The molecule has 0 bridgehead atoms. The molecule has 2 atom stereocenters. The zero-order chi connectivity index (χ0) is 25.9. The Morgan fingerprint density at radius 1 is 1.06 bits per heavy atom. The third kappa shape index (κ3) is 6.24. The topological polar surface area (TPSA) is 71.8 Å². The number of aliphatic hydroxyl groups is 1. The van der Waals surface area contributed by atoms with Gasteiger partial charge in [-0.3, -0.25) is 4.79 Å². The molecule has 4 rings (SSSR count). The van der Waals surface area contributed by atoms with Crippen LogP contribution in [-0.4, -0.2) is 32.8 Å². The monoisotopic (exact) mass is 488 g/mol. The van der Waals surface area contributed by atoms with Crippen molar-refractivity contribution < 1.29 is 14.6 Å². The van der Waals surface area contributed by atoms with Gasteiger partial charge in [0.25, 0.3) is 5.56 Å². The lowest BCUT2D eigenvalue weighted by Gasteiger charge is -2.31. The smallest absolute Gasteiger partial charge is 0.410 e. The van der Waals surface area contributed by atoms with Crippen molar-refractivity contribution in [2.75, 3.05) is 6.54 Å². The Hall–Kier alpha value is -3.38. The van der Waals surface area contributed by atoms with Gasteiger partial charge in [0.15, 0.2) is 0 Å². The number of aromatic nitrogens is 1. The Balaban J connectivity index is 1.48. The van der Waals surface area contributed by atoms with E-state index in [4.69, 9.17) is 4.74 Å². The quantitative estimate of drug-likeness (QED) is 0.385. The Labute approximate surface area is 213 Å². The minimum absolute atomic E-state index is 0.0337. The molecule has 6 heteroatoms. The second kappa shape index (κ2) is 10.7. The predicted octanol–water partition coefficient (Wildman–Crippen LogP) is 6.27. The Morgan fingerprint density at radius 2 is 1.72 bits per heavy atom. The van der Waals surface area contributed by atoms with Gasteiger partial charge in [-0.15, -0.1) is 0 Å². The molecule has 0 radical (unpaired) electrons. The molecule has 1 aromatic heterocycles. The van der Waals surface area contributed by atoms with Gasteiger partial charge in [-0.2, -0.15) is 0 Å². The van der Waals surface area contributed by atoms with Gasteiger partial charge in [0.1, 0.15) is 6.10 Å². The van der Waals surface area contributed by atoms with Crippen molar-refractivity contribution in [1.82, 2.24) is 9.47 Å². The maximum absolute atomic E-state index is 13.3. The molecule has 3 aromatic rings. The molecule has 1 heterocycles. The fourth-order valence-electron chi connectivity index (χ4n) is 4.56. The van der Waals surface area contributed by atoms with Gasteiger partial charge >= 0.3 is 6.09 Å². The molecular formula is C30H36N2O4. The van der Waals surface area contributed by atoms with E-state index in [2.05, 4.69) is 0 Å². The minimum Gasteiger partial charge on any atom is -0.441 e. The number of amides is 1. The van der Waals surface area contributed by atoms with Gasteiger partial charge in [0.05, 0.1) is 11.6 Å². The number of hydrogen-bond donors (Lipinski definition) is 1. The van der Waals surface area contributed by atoms with E-state index in [1.54, 1.807) is 24.8 Å². The summed E-state index contributed by atoms with van der Waals surface area (Å²) < 4.78 is 7.75. The van der Waals surface area contributed by atoms with Crippen LogP contribution in [0.2, 0.25) is 0 Å². The summed E-state index contributed by atoms with van der Waals surface area (Å²) in [5, 5.41) is 10.4. The normalized spacial score (nSPS) is 15.2. The van der Waals surface area contributed by atoms with E-state index in [0.717, 1.165) is 35.1 Å². The lowest BCUT2D eigenvalue weighted by molar-refractivity contribution is -0.00583. The van der Waals surface area contributed by atoms with Crippen LogP contribution in [0.15, 0.2) is 77.7 Å². The molecule has 0 aliphatic heterocycles. The lowest BCUT2D eigenvalue weighted by Crippen LogP contribution is -2.36. The first-order valence-electron chi connectivity index (χ1n) is 12.7. The SMILES string of the molecule is CCN(C(=O)OC(CC(C)(C)O)c1ccccc1)C(C)c1ccc(-c2ccn(C3CC3)c(=O)c2)cc1. The van der Waals surface area contributed by atoms with Crippen molar-refractivity contribution in [1.29, 1.82) is 0 Å². The van der Waals surface area contributed by atoms with E-state index in [0.29, 0.717) is 19.0 Å². The van der Waals surface area contributed by atoms with Crippen molar-refractivity contribution in [3.05, 3.63) is 94.4 Å². The number of nitrogens with zero attached hydrogens (tertiary/aromatic N) is 2. The fourth-order valence-corrected chi connectivity index (χ4v) is 4.56. The first-order chi connectivity index (χ1) is 17.2. The standard InChI is InChI=1S/C30H36N2O4/c1-5-31(29(34)36-27(20-30(3,4)35)24-9-7-6-8-10-24)21(2)22-11-13-23(14-12-22)25-17-18-32(26-15-16-26)28(33)19-25/h6-14,17-19,21,26-27,35H,5,15-16,20H2,1-4H3. The molecule has 1 fully saturated rings. The van der Waals surface area contributed by atoms with Crippen LogP contribution in [0.3, 0.4) is 0 Å². The maximum atomic E-state index is 13.3. The molecule has 190 valence electrons. The van der Waals surface area contributed by atoms with Crippen molar-refractivity contribution in [2.24, 2.45) is 0 Å². The van der Waals surface area contributed by atoms with Crippen LogP contribution in [0.1, 0.15) is 76.3 Å².